The molecule has 0 atom stereocenters. The fraction of sp³-hybridized carbons (Fsp3) is 0.333. The fourth-order valence-electron chi connectivity index (χ4n) is 2.73. The van der Waals surface area contributed by atoms with Crippen LogP contribution < -0.4 is 15.0 Å². The summed E-state index contributed by atoms with van der Waals surface area (Å²) in [7, 11) is 0. The van der Waals surface area contributed by atoms with Crippen LogP contribution in [0.15, 0.2) is 48.5 Å². The zero-order valence-electron chi connectivity index (χ0n) is 12.5. The van der Waals surface area contributed by atoms with Crippen LogP contribution in [0.2, 0.25) is 0 Å². The molecule has 3 heteroatoms. The fourth-order valence-corrected chi connectivity index (χ4v) is 2.73. The average Bonchev–Trinajstić information content (AvgIpc) is 2.72. The molecule has 1 aliphatic heterocycles. The van der Waals surface area contributed by atoms with Gasteiger partial charge in [0.05, 0.1) is 17.9 Å². The lowest BCUT2D eigenvalue weighted by Gasteiger charge is -2.24. The molecule has 1 N–H and O–H groups in total. The summed E-state index contributed by atoms with van der Waals surface area (Å²) in [6, 6.07) is 16.7. The van der Waals surface area contributed by atoms with Crippen LogP contribution in [0.1, 0.15) is 12.0 Å². The minimum Gasteiger partial charge on any atom is -0.491 e. The van der Waals surface area contributed by atoms with E-state index in [1.54, 1.807) is 0 Å². The van der Waals surface area contributed by atoms with Gasteiger partial charge in [-0.15, -0.1) is 0 Å². The van der Waals surface area contributed by atoms with Crippen LogP contribution in [0.25, 0.3) is 0 Å². The Hall–Kier alpha value is -2.16. The van der Waals surface area contributed by atoms with Gasteiger partial charge in [-0.2, -0.15) is 0 Å². The Morgan fingerprint density at radius 3 is 2.81 bits per heavy atom. The first kappa shape index (κ1) is 13.8. The second-order valence-corrected chi connectivity index (χ2v) is 5.40. The van der Waals surface area contributed by atoms with Gasteiger partial charge in [0.25, 0.3) is 0 Å². The number of hydrogen-bond acceptors (Lipinski definition) is 3. The molecule has 110 valence electrons. The Morgan fingerprint density at radius 2 is 1.90 bits per heavy atom. The molecule has 1 aliphatic rings. The molecule has 0 radical (unpaired) electrons. The van der Waals surface area contributed by atoms with E-state index in [0.717, 1.165) is 31.8 Å². The van der Waals surface area contributed by atoms with Crippen molar-refractivity contribution < 1.29 is 4.74 Å². The van der Waals surface area contributed by atoms with Crippen LogP contribution in [0.4, 0.5) is 11.4 Å². The van der Waals surface area contributed by atoms with Crippen molar-refractivity contribution >= 4 is 11.4 Å². The maximum absolute atomic E-state index is 5.93. The van der Waals surface area contributed by atoms with Gasteiger partial charge in [0.2, 0.25) is 0 Å². The van der Waals surface area contributed by atoms with E-state index in [1.807, 2.05) is 18.2 Å². The number of nitrogens with zero attached hydrogens (tertiary/aromatic N) is 1. The molecule has 2 aromatic carbocycles. The Morgan fingerprint density at radius 1 is 1.10 bits per heavy atom. The van der Waals surface area contributed by atoms with Gasteiger partial charge in [-0.3, -0.25) is 0 Å². The maximum Gasteiger partial charge on any atom is 0.122 e. The first-order valence-corrected chi connectivity index (χ1v) is 7.61. The van der Waals surface area contributed by atoms with Crippen molar-refractivity contribution in [2.45, 2.75) is 13.3 Å². The standard InChI is InChI=1S/C18H22N2O/c1-15-7-2-5-10-18(15)21-14-13-20-12-6-11-19-16-8-3-4-9-17(16)20/h2-5,7-10,19H,6,11-14H2,1H3. The molecule has 0 aromatic heterocycles. The Kier molecular flexibility index (Phi) is 4.29. The Balaban J connectivity index is 1.64. The van der Waals surface area contributed by atoms with Gasteiger partial charge < -0.3 is 15.0 Å². The predicted octanol–water partition coefficient (Wildman–Crippen LogP) is 3.70. The number of anilines is 2. The number of para-hydroxylation sites is 3. The maximum atomic E-state index is 5.93. The molecule has 3 rings (SSSR count). The summed E-state index contributed by atoms with van der Waals surface area (Å²) >= 11 is 0. The van der Waals surface area contributed by atoms with Gasteiger partial charge in [0.1, 0.15) is 12.4 Å². The van der Waals surface area contributed by atoms with Gasteiger partial charge in [-0.1, -0.05) is 30.3 Å². The number of hydrogen-bond donors (Lipinski definition) is 1. The minimum absolute atomic E-state index is 0.708. The lowest BCUT2D eigenvalue weighted by Crippen LogP contribution is -2.29. The molecule has 0 spiro atoms. The molecule has 21 heavy (non-hydrogen) atoms. The van der Waals surface area contributed by atoms with Crippen molar-refractivity contribution in [2.75, 3.05) is 36.5 Å². The number of nitrogens with one attached hydrogen (secondary N) is 1. The van der Waals surface area contributed by atoms with E-state index in [0.29, 0.717) is 6.61 Å². The van der Waals surface area contributed by atoms with E-state index < -0.39 is 0 Å². The highest BCUT2D eigenvalue weighted by Crippen LogP contribution is 2.27. The largest absolute Gasteiger partial charge is 0.491 e. The first-order chi connectivity index (χ1) is 10.3. The number of fused-ring (bicyclic) bond motifs is 1. The summed E-state index contributed by atoms with van der Waals surface area (Å²) in [5, 5.41) is 3.49. The van der Waals surface area contributed by atoms with Gasteiger partial charge in [-0.25, -0.2) is 0 Å². The second-order valence-electron chi connectivity index (χ2n) is 5.40. The minimum atomic E-state index is 0.708. The van der Waals surface area contributed by atoms with Crippen molar-refractivity contribution in [1.29, 1.82) is 0 Å². The molecular weight excluding hydrogens is 260 g/mol. The van der Waals surface area contributed by atoms with E-state index in [9.17, 15) is 0 Å². The topological polar surface area (TPSA) is 24.5 Å². The SMILES string of the molecule is Cc1ccccc1OCCN1CCCNc2ccccc21. The van der Waals surface area contributed by atoms with Crippen LogP contribution in [0.5, 0.6) is 5.75 Å². The first-order valence-electron chi connectivity index (χ1n) is 7.61. The number of ether oxygens (including phenoxy) is 1. The molecule has 0 amide bonds. The van der Waals surface area contributed by atoms with Gasteiger partial charge in [0.15, 0.2) is 0 Å². The molecule has 0 unspecified atom stereocenters. The van der Waals surface area contributed by atoms with Gasteiger partial charge >= 0.3 is 0 Å². The number of benzene rings is 2. The lowest BCUT2D eigenvalue weighted by atomic mass is 10.2. The molecule has 3 nitrogen and oxygen atoms in total. The zero-order valence-corrected chi connectivity index (χ0v) is 12.5. The third-order valence-electron chi connectivity index (χ3n) is 3.88. The Bertz CT molecular complexity index is 597. The highest BCUT2D eigenvalue weighted by Gasteiger charge is 2.14. The second kappa shape index (κ2) is 6.53. The van der Waals surface area contributed by atoms with Crippen molar-refractivity contribution in [3.05, 3.63) is 54.1 Å². The van der Waals surface area contributed by atoms with Crippen LogP contribution in [0, 0.1) is 6.92 Å². The molecule has 0 fully saturated rings. The summed E-state index contributed by atoms with van der Waals surface area (Å²) in [6.07, 6.45) is 1.15. The van der Waals surface area contributed by atoms with E-state index >= 15 is 0 Å². The van der Waals surface area contributed by atoms with Crippen molar-refractivity contribution in [1.82, 2.24) is 0 Å². The van der Waals surface area contributed by atoms with Crippen LogP contribution in [-0.4, -0.2) is 26.2 Å². The summed E-state index contributed by atoms with van der Waals surface area (Å²) in [4.78, 5) is 2.41. The van der Waals surface area contributed by atoms with Crippen molar-refractivity contribution in [3.8, 4) is 5.75 Å². The molecular formula is C18H22N2O. The Labute approximate surface area is 126 Å². The quantitative estimate of drug-likeness (QED) is 0.925. The third-order valence-corrected chi connectivity index (χ3v) is 3.88. The van der Waals surface area contributed by atoms with E-state index in [1.165, 1.54) is 16.9 Å². The highest BCUT2D eigenvalue weighted by molar-refractivity contribution is 5.70. The summed E-state index contributed by atoms with van der Waals surface area (Å²) in [5.74, 6) is 0.985. The molecule has 0 aliphatic carbocycles. The number of aryl methyl sites for hydroxylation is 1. The molecule has 2 aromatic rings. The number of rotatable bonds is 4. The van der Waals surface area contributed by atoms with Crippen LogP contribution in [0.3, 0.4) is 0 Å². The highest BCUT2D eigenvalue weighted by atomic mass is 16.5. The van der Waals surface area contributed by atoms with E-state index in [2.05, 4.69) is 47.5 Å². The monoisotopic (exact) mass is 282 g/mol. The summed E-state index contributed by atoms with van der Waals surface area (Å²) in [5.41, 5.74) is 3.70. The average molecular weight is 282 g/mol. The van der Waals surface area contributed by atoms with E-state index in [-0.39, 0.29) is 0 Å². The zero-order chi connectivity index (χ0) is 14.5. The van der Waals surface area contributed by atoms with Gasteiger partial charge in [-0.05, 0) is 37.1 Å². The smallest absolute Gasteiger partial charge is 0.122 e. The van der Waals surface area contributed by atoms with Crippen LogP contribution >= 0.6 is 0 Å². The van der Waals surface area contributed by atoms with Crippen LogP contribution in [-0.2, 0) is 0 Å². The molecule has 0 bridgehead atoms. The lowest BCUT2D eigenvalue weighted by molar-refractivity contribution is 0.321. The van der Waals surface area contributed by atoms with E-state index in [4.69, 9.17) is 4.74 Å². The third kappa shape index (κ3) is 3.30. The summed E-state index contributed by atoms with van der Waals surface area (Å²) in [6.45, 7) is 5.81. The van der Waals surface area contributed by atoms with Gasteiger partial charge in [0, 0.05) is 13.1 Å². The molecule has 1 heterocycles. The molecule has 0 saturated carbocycles. The normalized spacial score (nSPS) is 14.0. The summed E-state index contributed by atoms with van der Waals surface area (Å²) < 4.78 is 5.93. The van der Waals surface area contributed by atoms with Crippen molar-refractivity contribution in [3.63, 3.8) is 0 Å². The van der Waals surface area contributed by atoms with Crippen molar-refractivity contribution in [2.24, 2.45) is 0 Å². The molecule has 0 saturated heterocycles. The predicted molar refractivity (Wildman–Crippen MR) is 88.4 cm³/mol.